The summed E-state index contributed by atoms with van der Waals surface area (Å²) >= 11 is 1.52. The minimum atomic E-state index is 0. The lowest BCUT2D eigenvalue weighted by Gasteiger charge is -2.37. The lowest BCUT2D eigenvalue weighted by molar-refractivity contribution is -0.0432. The summed E-state index contributed by atoms with van der Waals surface area (Å²) in [4.78, 5) is 16.8. The number of guanidine groups is 1. The molecule has 1 aromatic heterocycles. The highest BCUT2D eigenvalue weighted by Crippen LogP contribution is 2.23. The molecule has 10 heteroatoms. The molecule has 0 radical (unpaired) electrons. The number of hydrogen-bond donors (Lipinski definition) is 1. The van der Waals surface area contributed by atoms with E-state index in [-0.39, 0.29) is 30.1 Å². The summed E-state index contributed by atoms with van der Waals surface area (Å²) in [6.45, 7) is 12.8. The minimum absolute atomic E-state index is 0. The quantitative estimate of drug-likeness (QED) is 0.350. The summed E-state index contributed by atoms with van der Waals surface area (Å²) in [6, 6.07) is 0.648. The maximum Gasteiger partial charge on any atom is 0.205 e. The van der Waals surface area contributed by atoms with E-state index in [1.807, 2.05) is 0 Å². The molecule has 3 fully saturated rings. The standard InChI is InChI=1S/C19H33N7OS.HI/c1-3-17-22-19(28-23-17)25-10-8-24(9-11-25)18(20-4-2)21-12-16-13-26-7-5-6-15(26)14-27-16;/h15-16H,3-14H2,1-2H3,(H,20,21);1H. The SMILES string of the molecule is CCNC(=NCC1CN2CCCC2CO1)N1CCN(c2nc(CC)ns2)CC1.I. The summed E-state index contributed by atoms with van der Waals surface area (Å²) in [5.41, 5.74) is 0. The zero-order valence-electron chi connectivity index (χ0n) is 17.5. The van der Waals surface area contributed by atoms with Gasteiger partial charge in [0, 0.05) is 63.3 Å². The van der Waals surface area contributed by atoms with E-state index in [0.717, 1.165) is 75.8 Å². The topological polar surface area (TPSA) is 69.1 Å². The van der Waals surface area contributed by atoms with Gasteiger partial charge in [0.15, 0.2) is 5.96 Å². The Kier molecular flexibility index (Phi) is 8.75. The molecule has 0 spiro atoms. The first kappa shape index (κ1) is 23.0. The van der Waals surface area contributed by atoms with Crippen LogP contribution in [0.4, 0.5) is 5.13 Å². The van der Waals surface area contributed by atoms with Gasteiger partial charge < -0.3 is 19.9 Å². The lowest BCUT2D eigenvalue weighted by Crippen LogP contribution is -2.53. The molecule has 0 bridgehead atoms. The van der Waals surface area contributed by atoms with Crippen molar-refractivity contribution in [2.45, 2.75) is 45.3 Å². The highest BCUT2D eigenvalue weighted by atomic mass is 127. The van der Waals surface area contributed by atoms with Crippen LogP contribution in [0, 0.1) is 0 Å². The molecule has 0 amide bonds. The van der Waals surface area contributed by atoms with Gasteiger partial charge in [-0.3, -0.25) is 9.89 Å². The fraction of sp³-hybridized carbons (Fsp3) is 0.842. The Morgan fingerprint density at radius 2 is 2.07 bits per heavy atom. The van der Waals surface area contributed by atoms with E-state index in [1.165, 1.54) is 30.9 Å². The fourth-order valence-electron chi connectivity index (χ4n) is 4.24. The molecular weight excluding hydrogens is 501 g/mol. The van der Waals surface area contributed by atoms with Crippen LogP contribution in [0.5, 0.6) is 0 Å². The first-order valence-electron chi connectivity index (χ1n) is 10.7. The van der Waals surface area contributed by atoms with E-state index >= 15 is 0 Å². The summed E-state index contributed by atoms with van der Waals surface area (Å²) in [5.74, 6) is 1.96. The predicted molar refractivity (Wildman–Crippen MR) is 129 cm³/mol. The van der Waals surface area contributed by atoms with Crippen LogP contribution in [0.1, 0.15) is 32.5 Å². The van der Waals surface area contributed by atoms with Gasteiger partial charge in [-0.1, -0.05) is 6.92 Å². The van der Waals surface area contributed by atoms with Crippen molar-refractivity contribution in [3.63, 3.8) is 0 Å². The summed E-state index contributed by atoms with van der Waals surface area (Å²) in [6.07, 6.45) is 3.72. The Bertz CT molecular complexity index is 665. The summed E-state index contributed by atoms with van der Waals surface area (Å²) < 4.78 is 10.5. The van der Waals surface area contributed by atoms with E-state index in [2.05, 4.69) is 43.2 Å². The number of anilines is 1. The zero-order valence-corrected chi connectivity index (χ0v) is 20.7. The largest absolute Gasteiger partial charge is 0.373 e. The van der Waals surface area contributed by atoms with Crippen LogP contribution in [0.15, 0.2) is 4.99 Å². The van der Waals surface area contributed by atoms with Crippen molar-refractivity contribution in [1.82, 2.24) is 24.5 Å². The monoisotopic (exact) mass is 535 g/mol. The molecule has 0 aromatic carbocycles. The van der Waals surface area contributed by atoms with Gasteiger partial charge in [0.05, 0.1) is 19.3 Å². The molecule has 29 heavy (non-hydrogen) atoms. The molecule has 3 saturated heterocycles. The zero-order chi connectivity index (χ0) is 19.3. The van der Waals surface area contributed by atoms with Crippen molar-refractivity contribution >= 4 is 46.6 Å². The number of hydrogen-bond acceptors (Lipinski definition) is 7. The van der Waals surface area contributed by atoms with Gasteiger partial charge in [-0.15, -0.1) is 24.0 Å². The van der Waals surface area contributed by atoms with Gasteiger partial charge in [0.2, 0.25) is 5.13 Å². The van der Waals surface area contributed by atoms with Gasteiger partial charge in [0.25, 0.3) is 0 Å². The lowest BCUT2D eigenvalue weighted by atomic mass is 10.2. The van der Waals surface area contributed by atoms with E-state index in [0.29, 0.717) is 6.04 Å². The minimum Gasteiger partial charge on any atom is -0.373 e. The van der Waals surface area contributed by atoms with E-state index in [4.69, 9.17) is 9.73 Å². The molecule has 164 valence electrons. The smallest absolute Gasteiger partial charge is 0.205 e. The number of aromatic nitrogens is 2. The van der Waals surface area contributed by atoms with Crippen LogP contribution in [0.2, 0.25) is 0 Å². The molecule has 8 nitrogen and oxygen atoms in total. The summed E-state index contributed by atoms with van der Waals surface area (Å²) in [7, 11) is 0. The molecule has 0 saturated carbocycles. The number of aliphatic imine (C=N–C) groups is 1. The molecule has 3 aliphatic rings. The number of nitrogens with zero attached hydrogens (tertiary/aromatic N) is 6. The number of piperazine rings is 1. The number of rotatable bonds is 5. The molecule has 2 unspecified atom stereocenters. The second-order valence-electron chi connectivity index (χ2n) is 7.76. The predicted octanol–water partition coefficient (Wildman–Crippen LogP) is 1.67. The first-order chi connectivity index (χ1) is 13.8. The van der Waals surface area contributed by atoms with Crippen LogP contribution < -0.4 is 10.2 Å². The number of fused-ring (bicyclic) bond motifs is 1. The average Bonchev–Trinajstić information content (AvgIpc) is 3.40. The number of morpholine rings is 1. The van der Waals surface area contributed by atoms with Crippen LogP contribution in [-0.4, -0.2) is 96.2 Å². The highest BCUT2D eigenvalue weighted by Gasteiger charge is 2.32. The highest BCUT2D eigenvalue weighted by molar-refractivity contribution is 14.0. The van der Waals surface area contributed by atoms with Crippen LogP contribution in [0.3, 0.4) is 0 Å². The van der Waals surface area contributed by atoms with Crippen molar-refractivity contribution in [2.75, 3.05) is 63.9 Å². The molecule has 2 atom stereocenters. The van der Waals surface area contributed by atoms with E-state index in [9.17, 15) is 0 Å². The molecule has 4 rings (SSSR count). The third-order valence-electron chi connectivity index (χ3n) is 5.86. The molecular formula is C19H34IN7OS. The van der Waals surface area contributed by atoms with Gasteiger partial charge in [-0.2, -0.15) is 4.37 Å². The Hall–Kier alpha value is -0.720. The van der Waals surface area contributed by atoms with Crippen LogP contribution in [-0.2, 0) is 11.2 Å². The molecule has 1 aromatic rings. The normalized spacial score (nSPS) is 25.7. The first-order valence-corrected chi connectivity index (χ1v) is 11.5. The Morgan fingerprint density at radius 3 is 2.79 bits per heavy atom. The number of aryl methyl sites for hydroxylation is 1. The number of halogens is 1. The molecule has 4 heterocycles. The molecule has 3 aliphatic heterocycles. The second kappa shape index (κ2) is 11.1. The summed E-state index contributed by atoms with van der Waals surface area (Å²) in [5, 5.41) is 4.52. The fourth-order valence-corrected chi connectivity index (χ4v) is 5.04. The van der Waals surface area contributed by atoms with Crippen molar-refractivity contribution in [3.8, 4) is 0 Å². The average molecular weight is 536 g/mol. The van der Waals surface area contributed by atoms with Crippen molar-refractivity contribution < 1.29 is 4.74 Å². The van der Waals surface area contributed by atoms with Crippen LogP contribution in [0.25, 0.3) is 0 Å². The van der Waals surface area contributed by atoms with Gasteiger partial charge in [-0.05, 0) is 26.3 Å². The van der Waals surface area contributed by atoms with Crippen molar-refractivity contribution in [2.24, 2.45) is 4.99 Å². The second-order valence-corrected chi connectivity index (χ2v) is 8.49. The van der Waals surface area contributed by atoms with Gasteiger partial charge in [-0.25, -0.2) is 4.98 Å². The third-order valence-corrected chi connectivity index (χ3v) is 6.68. The van der Waals surface area contributed by atoms with Gasteiger partial charge in [0.1, 0.15) is 5.82 Å². The van der Waals surface area contributed by atoms with Crippen molar-refractivity contribution in [3.05, 3.63) is 5.82 Å². The van der Waals surface area contributed by atoms with E-state index in [1.54, 1.807) is 0 Å². The maximum atomic E-state index is 6.08. The maximum absolute atomic E-state index is 6.08. The van der Waals surface area contributed by atoms with Crippen molar-refractivity contribution in [1.29, 1.82) is 0 Å². The Balaban J connectivity index is 0.00000240. The third kappa shape index (κ3) is 5.71. The Morgan fingerprint density at radius 1 is 1.24 bits per heavy atom. The van der Waals surface area contributed by atoms with Gasteiger partial charge >= 0.3 is 0 Å². The van der Waals surface area contributed by atoms with E-state index < -0.39 is 0 Å². The number of ether oxygens (including phenoxy) is 1. The molecule has 0 aliphatic carbocycles. The Labute approximate surface area is 195 Å². The molecule has 1 N–H and O–H groups in total. The van der Waals surface area contributed by atoms with Crippen LogP contribution >= 0.6 is 35.5 Å². The number of nitrogens with one attached hydrogen (secondary N) is 1.